The van der Waals surface area contributed by atoms with Gasteiger partial charge in [0.05, 0.1) is 12.8 Å². The highest BCUT2D eigenvalue weighted by molar-refractivity contribution is 6.31. The first kappa shape index (κ1) is 15.1. The fraction of sp³-hybridized carbons (Fsp3) is 0.214. The quantitative estimate of drug-likeness (QED) is 0.940. The third kappa shape index (κ3) is 3.41. The van der Waals surface area contributed by atoms with E-state index >= 15 is 0 Å². The van der Waals surface area contributed by atoms with Crippen molar-refractivity contribution >= 4 is 28.9 Å². The molecule has 0 unspecified atom stereocenters. The van der Waals surface area contributed by atoms with Crippen LogP contribution in [0.15, 0.2) is 30.6 Å². The third-order valence-corrected chi connectivity index (χ3v) is 3.00. The highest BCUT2D eigenvalue weighted by Crippen LogP contribution is 2.32. The number of hydrogen-bond donors (Lipinski definition) is 1. The summed E-state index contributed by atoms with van der Waals surface area (Å²) in [5.41, 5.74) is 1.48. The molecular weight excluding hydrogens is 292 g/mol. The van der Waals surface area contributed by atoms with E-state index < -0.39 is 0 Å². The van der Waals surface area contributed by atoms with E-state index in [1.54, 1.807) is 18.3 Å². The molecule has 0 saturated heterocycles. The smallest absolute Gasteiger partial charge is 0.274 e. The summed E-state index contributed by atoms with van der Waals surface area (Å²) in [5.74, 6) is -0.0523. The second-order valence-electron chi connectivity index (χ2n) is 4.42. The summed E-state index contributed by atoms with van der Waals surface area (Å²) in [6.07, 6.45) is 3.09. The molecule has 21 heavy (non-hydrogen) atoms. The fourth-order valence-corrected chi connectivity index (χ4v) is 1.94. The van der Waals surface area contributed by atoms with Gasteiger partial charge in [0.2, 0.25) is 5.88 Å². The fourth-order valence-electron chi connectivity index (χ4n) is 1.78. The van der Waals surface area contributed by atoms with Gasteiger partial charge in [-0.05, 0) is 18.2 Å². The van der Waals surface area contributed by atoms with Gasteiger partial charge in [0.1, 0.15) is 11.4 Å². The van der Waals surface area contributed by atoms with Gasteiger partial charge in [-0.1, -0.05) is 11.6 Å². The van der Waals surface area contributed by atoms with Crippen molar-refractivity contribution in [2.75, 3.05) is 31.4 Å². The minimum absolute atomic E-state index is 0.220. The van der Waals surface area contributed by atoms with E-state index in [2.05, 4.69) is 15.3 Å². The molecule has 1 amide bonds. The van der Waals surface area contributed by atoms with Gasteiger partial charge < -0.3 is 15.0 Å². The number of aromatic nitrogens is 2. The van der Waals surface area contributed by atoms with Crippen molar-refractivity contribution in [1.29, 1.82) is 0 Å². The number of ether oxygens (including phenoxy) is 1. The van der Waals surface area contributed by atoms with E-state index in [4.69, 9.17) is 16.3 Å². The van der Waals surface area contributed by atoms with Gasteiger partial charge in [-0.15, -0.1) is 0 Å². The molecule has 2 rings (SSSR count). The van der Waals surface area contributed by atoms with Crippen LogP contribution < -0.4 is 15.0 Å². The normalized spacial score (nSPS) is 10.1. The van der Waals surface area contributed by atoms with E-state index in [9.17, 15) is 4.79 Å². The lowest BCUT2D eigenvalue weighted by molar-refractivity contribution is 0.102. The average molecular weight is 307 g/mol. The van der Waals surface area contributed by atoms with Crippen LogP contribution in [-0.4, -0.2) is 37.1 Å². The van der Waals surface area contributed by atoms with Crippen molar-refractivity contribution in [3.05, 3.63) is 41.3 Å². The van der Waals surface area contributed by atoms with Gasteiger partial charge in [-0.25, -0.2) is 4.98 Å². The Morgan fingerprint density at radius 2 is 2.00 bits per heavy atom. The Bertz CT molecular complexity index is 661. The number of methoxy groups -OCH3 is 1. The number of nitrogens with zero attached hydrogens (tertiary/aromatic N) is 3. The predicted octanol–water partition coefficient (Wildman–Crippen LogP) is 2.46. The summed E-state index contributed by atoms with van der Waals surface area (Å²) in [5, 5.41) is 3.21. The summed E-state index contributed by atoms with van der Waals surface area (Å²) in [4.78, 5) is 22.2. The van der Waals surface area contributed by atoms with Gasteiger partial charge in [0, 0.05) is 31.5 Å². The molecule has 0 aromatic carbocycles. The monoisotopic (exact) mass is 306 g/mol. The van der Waals surface area contributed by atoms with Gasteiger partial charge in [0.25, 0.3) is 5.91 Å². The Morgan fingerprint density at radius 3 is 2.62 bits per heavy atom. The Balaban J connectivity index is 2.36. The van der Waals surface area contributed by atoms with E-state index in [1.165, 1.54) is 19.4 Å². The lowest BCUT2D eigenvalue weighted by Crippen LogP contribution is -2.18. The molecular formula is C14H15ClN4O2. The van der Waals surface area contributed by atoms with Gasteiger partial charge in [-0.2, -0.15) is 0 Å². The van der Waals surface area contributed by atoms with Crippen LogP contribution in [-0.2, 0) is 0 Å². The van der Waals surface area contributed by atoms with Crippen molar-refractivity contribution in [3.63, 3.8) is 0 Å². The lowest BCUT2D eigenvalue weighted by atomic mass is 10.2. The molecule has 1 N–H and O–H groups in total. The van der Waals surface area contributed by atoms with Crippen LogP contribution in [0.2, 0.25) is 5.02 Å². The first-order chi connectivity index (χ1) is 10.0. The molecule has 0 saturated carbocycles. The second-order valence-corrected chi connectivity index (χ2v) is 4.86. The van der Waals surface area contributed by atoms with Gasteiger partial charge >= 0.3 is 0 Å². The molecule has 0 bridgehead atoms. The largest absolute Gasteiger partial charge is 0.479 e. The van der Waals surface area contributed by atoms with Crippen molar-refractivity contribution in [1.82, 2.24) is 9.97 Å². The maximum Gasteiger partial charge on any atom is 0.274 e. The highest BCUT2D eigenvalue weighted by Gasteiger charge is 2.17. The molecule has 0 aliphatic heterocycles. The SMILES string of the molecule is COc1nccc(N(C)C)c1NC(=O)c1cc(Cl)ccn1. The van der Waals surface area contributed by atoms with Gasteiger partial charge in [0.15, 0.2) is 0 Å². The van der Waals surface area contributed by atoms with Crippen LogP contribution in [0.5, 0.6) is 5.88 Å². The standard InChI is InChI=1S/C14H15ClN4O2/c1-19(2)11-5-7-17-14(21-3)12(11)18-13(20)10-8-9(15)4-6-16-10/h4-8H,1-3H3,(H,18,20). The molecule has 0 atom stereocenters. The highest BCUT2D eigenvalue weighted by atomic mass is 35.5. The van der Waals surface area contributed by atoms with E-state index in [-0.39, 0.29) is 11.6 Å². The molecule has 2 heterocycles. The van der Waals surface area contributed by atoms with Gasteiger partial charge in [-0.3, -0.25) is 9.78 Å². The number of anilines is 2. The number of hydrogen-bond acceptors (Lipinski definition) is 5. The Kier molecular flexibility index (Phi) is 4.59. The minimum atomic E-state index is -0.382. The van der Waals surface area contributed by atoms with Crippen LogP contribution in [0.3, 0.4) is 0 Å². The van der Waals surface area contributed by atoms with E-state index in [0.29, 0.717) is 16.6 Å². The molecule has 0 aliphatic rings. The molecule has 0 spiro atoms. The summed E-state index contributed by atoms with van der Waals surface area (Å²) >= 11 is 5.87. The van der Waals surface area contributed by atoms with Crippen LogP contribution in [0.1, 0.15) is 10.5 Å². The lowest BCUT2D eigenvalue weighted by Gasteiger charge is -2.19. The topological polar surface area (TPSA) is 67.3 Å². The predicted molar refractivity (Wildman–Crippen MR) is 82.3 cm³/mol. The van der Waals surface area contributed by atoms with Crippen LogP contribution in [0.4, 0.5) is 11.4 Å². The van der Waals surface area contributed by atoms with Crippen LogP contribution in [0, 0.1) is 0 Å². The number of carbonyl (C=O) groups is 1. The van der Waals surface area contributed by atoms with E-state index in [0.717, 1.165) is 5.69 Å². The molecule has 7 heteroatoms. The van der Waals surface area contributed by atoms with E-state index in [1.807, 2.05) is 19.0 Å². The van der Waals surface area contributed by atoms with Crippen molar-refractivity contribution in [2.45, 2.75) is 0 Å². The second kappa shape index (κ2) is 6.41. The average Bonchev–Trinajstić information content (AvgIpc) is 2.47. The maximum atomic E-state index is 12.3. The number of carbonyl (C=O) groups excluding carboxylic acids is 1. The summed E-state index contributed by atoms with van der Waals surface area (Å²) in [6.45, 7) is 0. The molecule has 0 fully saturated rings. The Hall–Kier alpha value is -2.34. The molecule has 6 nitrogen and oxygen atoms in total. The Labute approximate surface area is 127 Å². The molecule has 2 aromatic rings. The molecule has 110 valence electrons. The third-order valence-electron chi connectivity index (χ3n) is 2.76. The minimum Gasteiger partial charge on any atom is -0.479 e. The number of halogens is 1. The summed E-state index contributed by atoms with van der Waals surface area (Å²) in [7, 11) is 5.22. The zero-order valence-electron chi connectivity index (χ0n) is 11.9. The number of nitrogens with one attached hydrogen (secondary N) is 1. The van der Waals surface area contributed by atoms with Crippen LogP contribution in [0.25, 0.3) is 0 Å². The van der Waals surface area contributed by atoms with Crippen LogP contribution >= 0.6 is 11.6 Å². The maximum absolute atomic E-state index is 12.3. The number of rotatable bonds is 4. The first-order valence-electron chi connectivity index (χ1n) is 6.16. The molecule has 0 aliphatic carbocycles. The zero-order valence-corrected chi connectivity index (χ0v) is 12.7. The first-order valence-corrected chi connectivity index (χ1v) is 6.54. The number of amides is 1. The summed E-state index contributed by atoms with van der Waals surface area (Å²) < 4.78 is 5.20. The molecule has 2 aromatic heterocycles. The zero-order chi connectivity index (χ0) is 15.4. The summed E-state index contributed by atoms with van der Waals surface area (Å²) in [6, 6.07) is 4.88. The Morgan fingerprint density at radius 1 is 1.29 bits per heavy atom. The molecule has 0 radical (unpaired) electrons. The van der Waals surface area contributed by atoms with Crippen molar-refractivity contribution in [3.8, 4) is 5.88 Å². The van der Waals surface area contributed by atoms with Crippen molar-refractivity contribution in [2.24, 2.45) is 0 Å². The number of pyridine rings is 2. The van der Waals surface area contributed by atoms with Crippen molar-refractivity contribution < 1.29 is 9.53 Å².